The van der Waals surface area contributed by atoms with Crippen molar-refractivity contribution in [2.75, 3.05) is 6.54 Å². The zero-order valence-electron chi connectivity index (χ0n) is 15.7. The first-order valence-corrected chi connectivity index (χ1v) is 10.3. The van der Waals surface area contributed by atoms with Crippen molar-refractivity contribution in [2.45, 2.75) is 20.3 Å². The van der Waals surface area contributed by atoms with E-state index in [1.165, 1.54) is 11.3 Å². The van der Waals surface area contributed by atoms with Crippen LogP contribution in [-0.4, -0.2) is 22.2 Å². The molecule has 0 aliphatic carbocycles. The van der Waals surface area contributed by atoms with E-state index in [-0.39, 0.29) is 5.91 Å². The Balaban J connectivity index is 1.53. The van der Waals surface area contributed by atoms with E-state index < -0.39 is 0 Å². The molecule has 0 radical (unpaired) electrons. The second-order valence-electron chi connectivity index (χ2n) is 6.75. The van der Waals surface area contributed by atoms with Gasteiger partial charge in [0.15, 0.2) is 0 Å². The third kappa shape index (κ3) is 3.68. The lowest BCUT2D eigenvalue weighted by Gasteiger charge is -2.06. The zero-order chi connectivity index (χ0) is 19.7. The van der Waals surface area contributed by atoms with Crippen LogP contribution in [0.15, 0.2) is 54.6 Å². The molecule has 0 saturated heterocycles. The van der Waals surface area contributed by atoms with Crippen molar-refractivity contribution in [1.29, 1.82) is 0 Å². The number of benzene rings is 2. The summed E-state index contributed by atoms with van der Waals surface area (Å²) in [6.45, 7) is 4.62. The maximum atomic E-state index is 12.6. The average molecular weight is 410 g/mol. The van der Waals surface area contributed by atoms with Crippen molar-refractivity contribution < 1.29 is 4.79 Å². The molecule has 1 amide bonds. The van der Waals surface area contributed by atoms with Gasteiger partial charge < -0.3 is 5.32 Å². The highest BCUT2D eigenvalue weighted by Gasteiger charge is 2.17. The maximum absolute atomic E-state index is 12.6. The summed E-state index contributed by atoms with van der Waals surface area (Å²) in [6, 6.07) is 17.8. The van der Waals surface area contributed by atoms with Gasteiger partial charge in [-0.2, -0.15) is 5.10 Å². The normalized spacial score (nSPS) is 11.1. The van der Waals surface area contributed by atoms with Crippen molar-refractivity contribution in [2.24, 2.45) is 0 Å². The van der Waals surface area contributed by atoms with Gasteiger partial charge in [0.25, 0.3) is 5.91 Å². The number of rotatable bonds is 5. The van der Waals surface area contributed by atoms with Crippen molar-refractivity contribution in [3.05, 3.63) is 81.3 Å². The van der Waals surface area contributed by atoms with Crippen LogP contribution < -0.4 is 5.32 Å². The Morgan fingerprint density at radius 1 is 1.14 bits per heavy atom. The second kappa shape index (κ2) is 7.78. The van der Waals surface area contributed by atoms with Crippen LogP contribution in [0.2, 0.25) is 5.02 Å². The van der Waals surface area contributed by atoms with Gasteiger partial charge in [-0.1, -0.05) is 41.9 Å². The number of halogens is 1. The second-order valence-corrected chi connectivity index (χ2v) is 8.21. The van der Waals surface area contributed by atoms with Gasteiger partial charge in [-0.05, 0) is 55.7 Å². The molecule has 4 nitrogen and oxygen atoms in total. The molecule has 0 bridgehead atoms. The van der Waals surface area contributed by atoms with Gasteiger partial charge in [0.2, 0.25) is 0 Å². The molecule has 0 spiro atoms. The number of para-hydroxylation sites is 1. The number of carbonyl (C=O) groups is 1. The van der Waals surface area contributed by atoms with E-state index in [0.29, 0.717) is 11.4 Å². The fourth-order valence-electron chi connectivity index (χ4n) is 3.18. The van der Waals surface area contributed by atoms with Crippen LogP contribution in [0.1, 0.15) is 26.5 Å². The van der Waals surface area contributed by atoms with Gasteiger partial charge in [0, 0.05) is 17.0 Å². The third-order valence-electron chi connectivity index (χ3n) is 4.72. The average Bonchev–Trinajstić information content (AvgIpc) is 3.25. The molecule has 4 aromatic rings. The van der Waals surface area contributed by atoms with Gasteiger partial charge in [-0.15, -0.1) is 11.3 Å². The largest absolute Gasteiger partial charge is 0.351 e. The predicted molar refractivity (Wildman–Crippen MR) is 116 cm³/mol. The Morgan fingerprint density at radius 3 is 2.64 bits per heavy atom. The summed E-state index contributed by atoms with van der Waals surface area (Å²) in [7, 11) is 0. The lowest BCUT2D eigenvalue weighted by Crippen LogP contribution is -2.24. The molecule has 0 aliphatic heterocycles. The Bertz CT molecular complexity index is 1140. The first kappa shape index (κ1) is 18.7. The molecule has 2 aromatic heterocycles. The molecule has 142 valence electrons. The fourth-order valence-corrected chi connectivity index (χ4v) is 4.40. The lowest BCUT2D eigenvalue weighted by atomic mass is 10.1. The van der Waals surface area contributed by atoms with E-state index in [9.17, 15) is 4.79 Å². The highest BCUT2D eigenvalue weighted by Crippen LogP contribution is 2.31. The van der Waals surface area contributed by atoms with Gasteiger partial charge >= 0.3 is 0 Å². The van der Waals surface area contributed by atoms with Crippen molar-refractivity contribution in [3.8, 4) is 5.69 Å². The van der Waals surface area contributed by atoms with E-state index in [1.807, 2.05) is 60.1 Å². The van der Waals surface area contributed by atoms with Crippen LogP contribution in [0.4, 0.5) is 0 Å². The number of aromatic nitrogens is 2. The van der Waals surface area contributed by atoms with Crippen molar-refractivity contribution in [1.82, 2.24) is 15.1 Å². The minimum Gasteiger partial charge on any atom is -0.351 e. The van der Waals surface area contributed by atoms with E-state index in [1.54, 1.807) is 0 Å². The number of hydrogen-bond acceptors (Lipinski definition) is 3. The molecule has 1 N–H and O–H groups in total. The maximum Gasteiger partial charge on any atom is 0.261 e. The third-order valence-corrected chi connectivity index (χ3v) is 6.09. The molecule has 2 aromatic carbocycles. The summed E-state index contributed by atoms with van der Waals surface area (Å²) < 4.78 is 1.94. The van der Waals surface area contributed by atoms with E-state index >= 15 is 0 Å². The first-order chi connectivity index (χ1) is 13.5. The van der Waals surface area contributed by atoms with Crippen LogP contribution in [-0.2, 0) is 6.42 Å². The SMILES string of the molecule is Cc1ccccc1-n1nc(C)c2cc(C(=O)NCCc3ccc(Cl)cc3)sc21. The van der Waals surface area contributed by atoms with Crippen LogP contribution in [0, 0.1) is 13.8 Å². The van der Waals surface area contributed by atoms with Crippen LogP contribution in [0.5, 0.6) is 0 Å². The molecule has 0 aliphatic rings. The molecule has 0 atom stereocenters. The summed E-state index contributed by atoms with van der Waals surface area (Å²) in [4.78, 5) is 14.3. The lowest BCUT2D eigenvalue weighted by molar-refractivity contribution is 0.0958. The monoisotopic (exact) mass is 409 g/mol. The fraction of sp³-hybridized carbons (Fsp3) is 0.182. The number of nitrogens with one attached hydrogen (secondary N) is 1. The van der Waals surface area contributed by atoms with E-state index in [0.717, 1.165) is 44.2 Å². The van der Waals surface area contributed by atoms with Gasteiger partial charge in [-0.25, -0.2) is 4.68 Å². The molecular weight excluding hydrogens is 390 g/mol. The van der Waals surface area contributed by atoms with E-state index in [2.05, 4.69) is 23.4 Å². The minimum atomic E-state index is -0.0501. The smallest absolute Gasteiger partial charge is 0.261 e. The highest BCUT2D eigenvalue weighted by atomic mass is 35.5. The number of nitrogens with zero attached hydrogens (tertiary/aromatic N) is 2. The van der Waals surface area contributed by atoms with Gasteiger partial charge in [0.05, 0.1) is 16.3 Å². The molecule has 2 heterocycles. The summed E-state index contributed by atoms with van der Waals surface area (Å²) in [5.74, 6) is -0.0501. The highest BCUT2D eigenvalue weighted by molar-refractivity contribution is 7.20. The number of amides is 1. The van der Waals surface area contributed by atoms with Crippen LogP contribution in [0.25, 0.3) is 15.9 Å². The Hall–Kier alpha value is -2.63. The number of aryl methyl sites for hydroxylation is 2. The summed E-state index contributed by atoms with van der Waals surface area (Å²) >= 11 is 7.38. The molecular formula is C22H20ClN3OS. The molecule has 28 heavy (non-hydrogen) atoms. The standard InChI is InChI=1S/C22H20ClN3OS/c1-14-5-3-4-6-19(14)26-22-18(15(2)25-26)13-20(28-22)21(27)24-12-11-16-7-9-17(23)10-8-16/h3-10,13H,11-12H2,1-2H3,(H,24,27). The Labute approximate surface area is 172 Å². The van der Waals surface area contributed by atoms with Crippen molar-refractivity contribution in [3.63, 3.8) is 0 Å². The summed E-state index contributed by atoms with van der Waals surface area (Å²) in [5, 5.41) is 9.43. The first-order valence-electron chi connectivity index (χ1n) is 9.11. The minimum absolute atomic E-state index is 0.0501. The van der Waals surface area contributed by atoms with E-state index in [4.69, 9.17) is 11.6 Å². The molecule has 0 fully saturated rings. The Kier molecular flexibility index (Phi) is 5.20. The quantitative estimate of drug-likeness (QED) is 0.484. The molecule has 4 rings (SSSR count). The van der Waals surface area contributed by atoms with Crippen LogP contribution in [0.3, 0.4) is 0 Å². The summed E-state index contributed by atoms with van der Waals surface area (Å²) in [5.41, 5.74) is 4.26. The molecule has 6 heteroatoms. The van der Waals surface area contributed by atoms with Crippen LogP contribution >= 0.6 is 22.9 Å². The summed E-state index contributed by atoms with van der Waals surface area (Å²) in [6.07, 6.45) is 0.768. The molecule has 0 unspecified atom stereocenters. The Morgan fingerprint density at radius 2 is 1.89 bits per heavy atom. The number of thiophene rings is 1. The number of hydrogen-bond donors (Lipinski definition) is 1. The zero-order valence-corrected chi connectivity index (χ0v) is 17.3. The van der Waals surface area contributed by atoms with Crippen molar-refractivity contribution >= 4 is 39.1 Å². The molecule has 0 saturated carbocycles. The topological polar surface area (TPSA) is 46.9 Å². The number of fused-ring (bicyclic) bond motifs is 1. The number of carbonyl (C=O) groups excluding carboxylic acids is 1. The van der Waals surface area contributed by atoms with Gasteiger partial charge in [0.1, 0.15) is 4.83 Å². The van der Waals surface area contributed by atoms with Gasteiger partial charge in [-0.3, -0.25) is 4.79 Å². The predicted octanol–water partition coefficient (Wildman–Crippen LogP) is 5.33.